The molecular formula is C28H23ClF6N4O2. The van der Waals surface area contributed by atoms with Gasteiger partial charge < -0.3 is 14.8 Å². The van der Waals surface area contributed by atoms with Gasteiger partial charge in [-0.15, -0.1) is 12.4 Å². The van der Waals surface area contributed by atoms with Gasteiger partial charge in [0.25, 0.3) is 11.8 Å². The van der Waals surface area contributed by atoms with Crippen LogP contribution in [0.1, 0.15) is 37.4 Å². The van der Waals surface area contributed by atoms with E-state index in [9.17, 15) is 35.9 Å². The number of hydrogen-bond donors (Lipinski definition) is 1. The highest BCUT2D eigenvalue weighted by molar-refractivity contribution is 5.96. The van der Waals surface area contributed by atoms with Crippen molar-refractivity contribution in [3.8, 4) is 0 Å². The van der Waals surface area contributed by atoms with E-state index in [1.807, 2.05) is 24.3 Å². The summed E-state index contributed by atoms with van der Waals surface area (Å²) in [5, 5.41) is 0.851. The highest BCUT2D eigenvalue weighted by atomic mass is 35.5. The second-order valence-corrected chi connectivity index (χ2v) is 9.50. The largest absolute Gasteiger partial charge is 0.416 e. The molecular weight excluding hydrogens is 574 g/mol. The van der Waals surface area contributed by atoms with E-state index in [4.69, 9.17) is 0 Å². The quantitative estimate of drug-likeness (QED) is 0.284. The van der Waals surface area contributed by atoms with Crippen molar-refractivity contribution in [2.24, 2.45) is 0 Å². The van der Waals surface area contributed by atoms with Crippen LogP contribution in [0.5, 0.6) is 0 Å². The number of alkyl halides is 6. The lowest BCUT2D eigenvalue weighted by molar-refractivity contribution is -0.143. The molecule has 216 valence electrons. The van der Waals surface area contributed by atoms with Gasteiger partial charge in [0.05, 0.1) is 22.7 Å². The number of fused-ring (bicyclic) bond motifs is 1. The maximum absolute atomic E-state index is 13.6. The Balaban J connectivity index is 0.00000387. The Bertz CT molecular complexity index is 1520. The minimum absolute atomic E-state index is 0. The number of nitrogens with zero attached hydrogens (tertiary/aromatic N) is 3. The van der Waals surface area contributed by atoms with Crippen LogP contribution in [0.15, 0.2) is 73.2 Å². The summed E-state index contributed by atoms with van der Waals surface area (Å²) in [6.45, 7) is -0.0333. The number of nitrogens with one attached hydrogen (secondary N) is 1. The molecule has 2 aromatic heterocycles. The Labute approximate surface area is 236 Å². The van der Waals surface area contributed by atoms with Crippen molar-refractivity contribution >= 4 is 35.1 Å². The van der Waals surface area contributed by atoms with Gasteiger partial charge in [0, 0.05) is 54.7 Å². The van der Waals surface area contributed by atoms with E-state index in [0.29, 0.717) is 17.7 Å². The standard InChI is InChI=1S/C28H22F6N4O2.ClH/c29-27(30,31)20-10-18(11-21(13-20)28(32,33)34)26(40)38-9-8-37(25(39)17-4-3-7-35-14-17)16-22(38)12-19-15-36-24-6-2-1-5-23(19)24;/h1-7,10-11,13-15,22,36H,8-9,12,16H2;1H. The molecule has 1 N–H and O–H groups in total. The van der Waals surface area contributed by atoms with Crippen molar-refractivity contribution in [3.63, 3.8) is 0 Å². The molecule has 1 aliphatic rings. The van der Waals surface area contributed by atoms with E-state index in [-0.39, 0.29) is 50.4 Å². The van der Waals surface area contributed by atoms with Crippen LogP contribution in [0.25, 0.3) is 10.9 Å². The van der Waals surface area contributed by atoms with Crippen LogP contribution in [-0.2, 0) is 18.8 Å². The second kappa shape index (κ2) is 11.4. The maximum Gasteiger partial charge on any atom is 0.416 e. The molecule has 1 fully saturated rings. The average molecular weight is 597 g/mol. The summed E-state index contributed by atoms with van der Waals surface area (Å²) in [4.78, 5) is 36.6. The van der Waals surface area contributed by atoms with Gasteiger partial charge in [-0.3, -0.25) is 14.6 Å². The van der Waals surface area contributed by atoms with Crippen LogP contribution >= 0.6 is 12.4 Å². The molecule has 2 amide bonds. The first-order valence-electron chi connectivity index (χ1n) is 12.3. The van der Waals surface area contributed by atoms with E-state index in [1.165, 1.54) is 22.2 Å². The summed E-state index contributed by atoms with van der Waals surface area (Å²) >= 11 is 0. The van der Waals surface area contributed by atoms with E-state index in [0.717, 1.165) is 16.5 Å². The first-order valence-corrected chi connectivity index (χ1v) is 12.3. The molecule has 41 heavy (non-hydrogen) atoms. The number of benzene rings is 2. The third-order valence-corrected chi connectivity index (χ3v) is 6.90. The van der Waals surface area contributed by atoms with Crippen molar-refractivity contribution in [2.45, 2.75) is 24.8 Å². The van der Waals surface area contributed by atoms with Crippen LogP contribution < -0.4 is 0 Å². The summed E-state index contributed by atoms with van der Waals surface area (Å²) in [6.07, 6.45) is -5.32. The number of para-hydroxylation sites is 1. The van der Waals surface area contributed by atoms with Gasteiger partial charge in [0.15, 0.2) is 0 Å². The first-order chi connectivity index (χ1) is 18.9. The fourth-order valence-electron chi connectivity index (χ4n) is 4.95. The molecule has 1 saturated heterocycles. The van der Waals surface area contributed by atoms with E-state index < -0.39 is 41.0 Å². The summed E-state index contributed by atoms with van der Waals surface area (Å²) in [5.74, 6) is -1.32. The molecule has 0 saturated carbocycles. The van der Waals surface area contributed by atoms with Crippen molar-refractivity contribution < 1.29 is 35.9 Å². The molecule has 0 bridgehead atoms. The molecule has 2 aromatic carbocycles. The summed E-state index contributed by atoms with van der Waals surface area (Å²) in [6, 6.07) is 10.7. The predicted octanol–water partition coefficient (Wildman–Crippen LogP) is 6.23. The summed E-state index contributed by atoms with van der Waals surface area (Å²) in [5.41, 5.74) is -1.93. The molecule has 0 spiro atoms. The monoisotopic (exact) mass is 596 g/mol. The third kappa shape index (κ3) is 6.32. The molecule has 6 nitrogen and oxygen atoms in total. The van der Waals surface area contributed by atoms with Gasteiger partial charge >= 0.3 is 12.4 Å². The zero-order chi connectivity index (χ0) is 28.7. The molecule has 1 atom stereocenters. The maximum atomic E-state index is 13.6. The lowest BCUT2D eigenvalue weighted by Gasteiger charge is -2.41. The minimum atomic E-state index is -5.09. The Hall–Kier alpha value is -4.06. The van der Waals surface area contributed by atoms with Gasteiger partial charge in [-0.1, -0.05) is 18.2 Å². The first kappa shape index (κ1) is 29.9. The highest BCUT2D eigenvalue weighted by Crippen LogP contribution is 2.37. The normalized spacial score (nSPS) is 16.0. The van der Waals surface area contributed by atoms with Crippen LogP contribution in [0.4, 0.5) is 26.3 Å². The number of carbonyl (C=O) groups excluding carboxylic acids is 2. The minimum Gasteiger partial charge on any atom is -0.361 e. The molecule has 4 aromatic rings. The fraction of sp³-hybridized carbons (Fsp3) is 0.250. The van der Waals surface area contributed by atoms with Gasteiger partial charge in [-0.25, -0.2) is 0 Å². The van der Waals surface area contributed by atoms with Crippen molar-refractivity contribution in [3.05, 3.63) is 101 Å². The number of hydrogen-bond acceptors (Lipinski definition) is 3. The average Bonchev–Trinajstić information content (AvgIpc) is 3.34. The number of rotatable bonds is 4. The van der Waals surface area contributed by atoms with Crippen molar-refractivity contribution in [1.82, 2.24) is 19.8 Å². The molecule has 1 unspecified atom stereocenters. The second-order valence-electron chi connectivity index (χ2n) is 9.50. The summed E-state index contributed by atoms with van der Waals surface area (Å²) < 4.78 is 80.9. The van der Waals surface area contributed by atoms with Gasteiger partial charge in [-0.05, 0) is 48.4 Å². The number of piperazine rings is 1. The lowest BCUT2D eigenvalue weighted by Crippen LogP contribution is -2.57. The predicted molar refractivity (Wildman–Crippen MR) is 141 cm³/mol. The lowest BCUT2D eigenvalue weighted by atomic mass is 9.98. The number of halogens is 7. The zero-order valence-electron chi connectivity index (χ0n) is 21.2. The molecule has 0 aliphatic carbocycles. The number of pyridine rings is 1. The third-order valence-electron chi connectivity index (χ3n) is 6.90. The smallest absolute Gasteiger partial charge is 0.361 e. The van der Waals surface area contributed by atoms with Crippen molar-refractivity contribution in [1.29, 1.82) is 0 Å². The van der Waals surface area contributed by atoms with Gasteiger partial charge in [0.1, 0.15) is 0 Å². The molecule has 13 heteroatoms. The van der Waals surface area contributed by atoms with E-state index >= 15 is 0 Å². The van der Waals surface area contributed by atoms with Gasteiger partial charge in [0.2, 0.25) is 0 Å². The number of H-pyrrole nitrogens is 1. The van der Waals surface area contributed by atoms with Crippen LogP contribution in [0.2, 0.25) is 0 Å². The van der Waals surface area contributed by atoms with Crippen LogP contribution in [-0.4, -0.2) is 57.3 Å². The Kier molecular flexibility index (Phi) is 8.34. The summed E-state index contributed by atoms with van der Waals surface area (Å²) in [7, 11) is 0. The van der Waals surface area contributed by atoms with Crippen LogP contribution in [0, 0.1) is 0 Å². The van der Waals surface area contributed by atoms with E-state index in [2.05, 4.69) is 9.97 Å². The number of carbonyl (C=O) groups is 2. The topological polar surface area (TPSA) is 69.3 Å². The fourth-order valence-corrected chi connectivity index (χ4v) is 4.95. The Morgan fingerprint density at radius 1 is 0.878 bits per heavy atom. The molecule has 5 rings (SSSR count). The molecule has 0 radical (unpaired) electrons. The number of aromatic nitrogens is 2. The van der Waals surface area contributed by atoms with Gasteiger partial charge in [-0.2, -0.15) is 26.3 Å². The van der Waals surface area contributed by atoms with Crippen molar-refractivity contribution in [2.75, 3.05) is 19.6 Å². The zero-order valence-corrected chi connectivity index (χ0v) is 22.0. The molecule has 1 aliphatic heterocycles. The van der Waals surface area contributed by atoms with E-state index in [1.54, 1.807) is 18.3 Å². The number of amides is 2. The SMILES string of the molecule is Cl.O=C(c1cccnc1)N1CCN(C(=O)c2cc(C(F)(F)F)cc(C(F)(F)F)c2)C(Cc2c[nH]c3ccccc23)C1. The Morgan fingerprint density at radius 3 is 2.20 bits per heavy atom. The Morgan fingerprint density at radius 2 is 1.56 bits per heavy atom. The number of aromatic amines is 1. The van der Waals surface area contributed by atoms with Crippen LogP contribution in [0.3, 0.4) is 0 Å². The highest BCUT2D eigenvalue weighted by Gasteiger charge is 2.39. The molecule has 3 heterocycles.